The van der Waals surface area contributed by atoms with Gasteiger partial charge >= 0.3 is 6.18 Å². The average Bonchev–Trinajstić information content (AvgIpc) is 2.52. The molecule has 0 aliphatic carbocycles. The van der Waals surface area contributed by atoms with Crippen LogP contribution in [-0.2, 0) is 6.18 Å². The fourth-order valence-corrected chi connectivity index (χ4v) is 2.63. The highest BCUT2D eigenvalue weighted by Gasteiger charge is 2.33. The van der Waals surface area contributed by atoms with Crippen LogP contribution in [0.2, 0.25) is 0 Å². The minimum absolute atomic E-state index is 0.108. The summed E-state index contributed by atoms with van der Waals surface area (Å²) in [5.74, 6) is 0.00273. The smallest absolute Gasteiger partial charge is 0.337 e. The Hall–Kier alpha value is -1.63. The Balaban J connectivity index is 3.00. The molecule has 0 bridgehead atoms. The van der Waals surface area contributed by atoms with Gasteiger partial charge in [-0.2, -0.15) is 13.2 Å². The normalized spacial score (nSPS) is 12.1. The van der Waals surface area contributed by atoms with E-state index in [4.69, 9.17) is 0 Å². The van der Waals surface area contributed by atoms with Gasteiger partial charge in [-0.1, -0.05) is 27.7 Å². The lowest BCUT2D eigenvalue weighted by atomic mass is 10.1. The lowest BCUT2D eigenvalue weighted by Gasteiger charge is -2.28. The van der Waals surface area contributed by atoms with Gasteiger partial charge in [0.15, 0.2) is 0 Å². The molecule has 1 heterocycles. The van der Waals surface area contributed by atoms with Gasteiger partial charge in [0, 0.05) is 19.6 Å². The van der Waals surface area contributed by atoms with Crippen LogP contribution in [0.1, 0.15) is 49.4 Å². The molecule has 0 saturated carbocycles. The molecule has 0 aromatic carbocycles. The van der Waals surface area contributed by atoms with Gasteiger partial charge in [-0.3, -0.25) is 4.79 Å². The van der Waals surface area contributed by atoms with E-state index in [9.17, 15) is 18.0 Å². The predicted molar refractivity (Wildman–Crippen MR) is 92.5 cm³/mol. The van der Waals surface area contributed by atoms with E-state index in [1.54, 1.807) is 4.90 Å². The number of rotatable bonds is 8. The second-order valence-corrected chi connectivity index (χ2v) is 6.50. The first-order valence-electron chi connectivity index (χ1n) is 8.66. The Bertz CT molecular complexity index is 569. The van der Waals surface area contributed by atoms with Crippen LogP contribution in [0.15, 0.2) is 12.1 Å². The molecule has 1 aromatic heterocycles. The van der Waals surface area contributed by atoms with E-state index >= 15 is 0 Å². The van der Waals surface area contributed by atoms with E-state index < -0.39 is 11.9 Å². The highest BCUT2D eigenvalue weighted by atomic mass is 19.4. The first-order valence-corrected chi connectivity index (χ1v) is 8.66. The summed E-state index contributed by atoms with van der Waals surface area (Å²) in [5.41, 5.74) is -0.635. The number of hydrogen-bond donors (Lipinski definition) is 0. The summed E-state index contributed by atoms with van der Waals surface area (Å²) >= 11 is 0. The monoisotopic (exact) mass is 359 g/mol. The molecule has 0 N–H and O–H groups in total. The lowest BCUT2D eigenvalue weighted by Crippen LogP contribution is -2.41. The fourth-order valence-electron chi connectivity index (χ4n) is 2.63. The summed E-state index contributed by atoms with van der Waals surface area (Å²) in [5, 5.41) is 0. The van der Waals surface area contributed by atoms with Crippen LogP contribution < -0.4 is 0 Å². The quantitative estimate of drug-likeness (QED) is 0.707. The zero-order valence-electron chi connectivity index (χ0n) is 15.7. The summed E-state index contributed by atoms with van der Waals surface area (Å²) in [6.07, 6.45) is -4.51. The maximum Gasteiger partial charge on any atom is 0.433 e. The minimum Gasteiger partial charge on any atom is -0.337 e. The number of carbonyl (C=O) groups excluding carboxylic acids is 1. The zero-order chi connectivity index (χ0) is 19.2. The summed E-state index contributed by atoms with van der Waals surface area (Å²) in [6, 6.07) is 2.11. The maximum absolute atomic E-state index is 12.8. The number of carbonyl (C=O) groups is 1. The number of nitrogens with zero attached hydrogens (tertiary/aromatic N) is 3. The molecule has 4 nitrogen and oxygen atoms in total. The van der Waals surface area contributed by atoms with E-state index in [0.29, 0.717) is 13.1 Å². The van der Waals surface area contributed by atoms with Crippen molar-refractivity contribution in [2.75, 3.05) is 32.7 Å². The fraction of sp³-hybridized carbons (Fsp3) is 0.667. The highest BCUT2D eigenvalue weighted by molar-refractivity contribution is 5.95. The van der Waals surface area contributed by atoms with Crippen molar-refractivity contribution in [3.05, 3.63) is 29.1 Å². The number of hydrogen-bond acceptors (Lipinski definition) is 3. The van der Waals surface area contributed by atoms with E-state index in [1.807, 2.05) is 13.8 Å². The van der Waals surface area contributed by atoms with Gasteiger partial charge in [0.2, 0.25) is 0 Å². The third kappa shape index (κ3) is 6.30. The van der Waals surface area contributed by atoms with Crippen molar-refractivity contribution in [2.24, 2.45) is 5.92 Å². The number of aromatic nitrogens is 1. The molecule has 0 atom stereocenters. The van der Waals surface area contributed by atoms with Crippen LogP contribution in [0, 0.1) is 12.8 Å². The van der Waals surface area contributed by atoms with Crippen molar-refractivity contribution in [3.63, 3.8) is 0 Å². The molecular formula is C18H28F3N3O. The SMILES string of the molecule is CCN(CC)CCN(CC(C)C)C(=O)c1ccc(C(F)(F)F)nc1C. The summed E-state index contributed by atoms with van der Waals surface area (Å²) in [6.45, 7) is 13.2. The molecule has 1 rings (SSSR count). The van der Waals surface area contributed by atoms with Gasteiger partial charge in [0.05, 0.1) is 11.3 Å². The first kappa shape index (κ1) is 21.4. The first-order chi connectivity index (χ1) is 11.6. The van der Waals surface area contributed by atoms with Crippen LogP contribution >= 0.6 is 0 Å². The predicted octanol–water partition coefficient (Wildman–Crippen LogP) is 3.85. The number of likely N-dealkylation sites (N-methyl/N-ethyl adjacent to an activating group) is 1. The van der Waals surface area contributed by atoms with Crippen molar-refractivity contribution in [3.8, 4) is 0 Å². The Morgan fingerprint density at radius 1 is 1.16 bits per heavy atom. The van der Waals surface area contributed by atoms with Gasteiger partial charge < -0.3 is 9.80 Å². The molecular weight excluding hydrogens is 331 g/mol. The summed E-state index contributed by atoms with van der Waals surface area (Å²) in [7, 11) is 0. The number of alkyl halides is 3. The molecule has 0 aliphatic rings. The number of aryl methyl sites for hydroxylation is 1. The number of halogens is 3. The second-order valence-electron chi connectivity index (χ2n) is 6.50. The molecule has 0 saturated heterocycles. The molecule has 0 radical (unpaired) electrons. The third-order valence-corrected chi connectivity index (χ3v) is 4.06. The Kier molecular flexibility index (Phi) is 7.86. The maximum atomic E-state index is 12.8. The Morgan fingerprint density at radius 3 is 2.20 bits per heavy atom. The summed E-state index contributed by atoms with van der Waals surface area (Å²) < 4.78 is 38.3. The number of pyridine rings is 1. The van der Waals surface area contributed by atoms with Crippen LogP contribution in [0.5, 0.6) is 0 Å². The van der Waals surface area contributed by atoms with E-state index in [-0.39, 0.29) is 23.1 Å². The molecule has 0 unspecified atom stereocenters. The van der Waals surface area contributed by atoms with Crippen LogP contribution in [0.3, 0.4) is 0 Å². The molecule has 1 amide bonds. The van der Waals surface area contributed by atoms with Gasteiger partial charge in [-0.15, -0.1) is 0 Å². The Morgan fingerprint density at radius 2 is 1.76 bits per heavy atom. The van der Waals surface area contributed by atoms with Gasteiger partial charge in [-0.25, -0.2) is 4.98 Å². The third-order valence-electron chi connectivity index (χ3n) is 4.06. The molecule has 0 spiro atoms. The molecule has 0 aliphatic heterocycles. The largest absolute Gasteiger partial charge is 0.433 e. The molecule has 1 aromatic rings. The highest BCUT2D eigenvalue weighted by Crippen LogP contribution is 2.28. The molecule has 0 fully saturated rings. The zero-order valence-corrected chi connectivity index (χ0v) is 15.7. The van der Waals surface area contributed by atoms with Crippen molar-refractivity contribution < 1.29 is 18.0 Å². The van der Waals surface area contributed by atoms with E-state index in [0.717, 1.165) is 25.7 Å². The Labute approximate surface area is 148 Å². The topological polar surface area (TPSA) is 36.4 Å². The lowest BCUT2D eigenvalue weighted by molar-refractivity contribution is -0.141. The molecule has 25 heavy (non-hydrogen) atoms. The molecule has 142 valence electrons. The van der Waals surface area contributed by atoms with E-state index in [2.05, 4.69) is 23.7 Å². The van der Waals surface area contributed by atoms with Crippen molar-refractivity contribution in [1.82, 2.24) is 14.8 Å². The minimum atomic E-state index is -4.51. The van der Waals surface area contributed by atoms with E-state index in [1.165, 1.54) is 13.0 Å². The van der Waals surface area contributed by atoms with Crippen LogP contribution in [0.4, 0.5) is 13.2 Å². The van der Waals surface area contributed by atoms with Crippen LogP contribution in [-0.4, -0.2) is 53.4 Å². The van der Waals surface area contributed by atoms with Crippen molar-refractivity contribution in [1.29, 1.82) is 0 Å². The number of amides is 1. The molecule has 7 heteroatoms. The summed E-state index contributed by atoms with van der Waals surface area (Å²) in [4.78, 5) is 20.3. The van der Waals surface area contributed by atoms with Crippen molar-refractivity contribution in [2.45, 2.75) is 40.8 Å². The average molecular weight is 359 g/mol. The standard InChI is InChI=1S/C18H28F3N3O/c1-6-23(7-2)10-11-24(12-13(3)4)17(25)15-8-9-16(18(19,20)21)22-14(15)5/h8-9,13H,6-7,10-12H2,1-5H3. The second kappa shape index (κ2) is 9.17. The van der Waals surface area contributed by atoms with Gasteiger partial charge in [-0.05, 0) is 38.1 Å². The van der Waals surface area contributed by atoms with Crippen molar-refractivity contribution >= 4 is 5.91 Å². The van der Waals surface area contributed by atoms with Gasteiger partial charge in [0.25, 0.3) is 5.91 Å². The van der Waals surface area contributed by atoms with Gasteiger partial charge in [0.1, 0.15) is 5.69 Å². The van der Waals surface area contributed by atoms with Crippen LogP contribution in [0.25, 0.3) is 0 Å².